The average Bonchev–Trinajstić information content (AvgIpc) is 2.66. The zero-order valence-corrected chi connectivity index (χ0v) is 9.74. The number of aryl methyl sites for hydroxylation is 1. The zero-order chi connectivity index (χ0) is 11.5. The predicted molar refractivity (Wildman–Crippen MR) is 56.1 cm³/mol. The molecule has 84 valence electrons. The Kier molecular flexibility index (Phi) is 3.55. The zero-order valence-electron chi connectivity index (χ0n) is 9.74. The first-order chi connectivity index (χ1) is 6.94. The molecule has 0 amide bonds. The van der Waals surface area contributed by atoms with Crippen molar-refractivity contribution in [3.63, 3.8) is 0 Å². The van der Waals surface area contributed by atoms with E-state index in [0.717, 1.165) is 0 Å². The molecule has 0 fully saturated rings. The molecule has 1 aromatic rings. The summed E-state index contributed by atoms with van der Waals surface area (Å²) in [7, 11) is 0. The van der Waals surface area contributed by atoms with Crippen molar-refractivity contribution in [2.24, 2.45) is 11.3 Å². The molecule has 0 aromatic carbocycles. The molecule has 0 bridgehead atoms. The first-order valence-corrected chi connectivity index (χ1v) is 5.20. The minimum absolute atomic E-state index is 0.252. The average molecular weight is 210 g/mol. The number of rotatable bonds is 5. The molecule has 1 aromatic heterocycles. The van der Waals surface area contributed by atoms with E-state index in [4.69, 9.17) is 0 Å². The van der Waals surface area contributed by atoms with Gasteiger partial charge in [-0.2, -0.15) is 5.21 Å². The van der Waals surface area contributed by atoms with Gasteiger partial charge in [-0.25, -0.2) is 0 Å². The molecular formula is C10H18N4O. The van der Waals surface area contributed by atoms with Crippen molar-refractivity contribution in [2.75, 3.05) is 0 Å². The van der Waals surface area contributed by atoms with Gasteiger partial charge in [0.25, 0.3) is 0 Å². The predicted octanol–water partition coefficient (Wildman–Crippen LogP) is 1.38. The van der Waals surface area contributed by atoms with E-state index in [1.54, 1.807) is 0 Å². The van der Waals surface area contributed by atoms with Gasteiger partial charge in [-0.3, -0.25) is 4.79 Å². The SMILES string of the molecule is CC(C)C(C)(C)C(=O)CCc1nn[nH]n1. The van der Waals surface area contributed by atoms with Crippen LogP contribution in [0.2, 0.25) is 0 Å². The molecule has 1 rings (SSSR count). The second-order valence-corrected chi connectivity index (χ2v) is 4.63. The summed E-state index contributed by atoms with van der Waals surface area (Å²) < 4.78 is 0. The van der Waals surface area contributed by atoms with Gasteiger partial charge < -0.3 is 0 Å². The Bertz CT molecular complexity index is 316. The fourth-order valence-electron chi connectivity index (χ4n) is 1.16. The van der Waals surface area contributed by atoms with Crippen LogP contribution in [0, 0.1) is 11.3 Å². The number of H-pyrrole nitrogens is 1. The third-order valence-electron chi connectivity index (χ3n) is 3.13. The lowest BCUT2D eigenvalue weighted by Crippen LogP contribution is -2.30. The van der Waals surface area contributed by atoms with Crippen LogP contribution in [-0.4, -0.2) is 26.4 Å². The van der Waals surface area contributed by atoms with Crippen molar-refractivity contribution in [3.8, 4) is 0 Å². The number of ketones is 1. The number of nitrogens with one attached hydrogen (secondary N) is 1. The standard InChI is InChI=1S/C10H18N4O/c1-7(2)10(3,4)8(15)5-6-9-11-13-14-12-9/h7H,5-6H2,1-4H3,(H,11,12,13,14). The van der Waals surface area contributed by atoms with E-state index in [1.165, 1.54) is 0 Å². The van der Waals surface area contributed by atoms with Crippen LogP contribution < -0.4 is 0 Å². The van der Waals surface area contributed by atoms with Crippen LogP contribution in [0.15, 0.2) is 0 Å². The molecule has 0 saturated carbocycles. The second-order valence-electron chi connectivity index (χ2n) is 4.63. The maximum Gasteiger partial charge on any atom is 0.174 e. The lowest BCUT2D eigenvalue weighted by Gasteiger charge is -2.27. The molecule has 0 spiro atoms. The van der Waals surface area contributed by atoms with Crippen molar-refractivity contribution in [1.82, 2.24) is 20.6 Å². The molecule has 1 N–H and O–H groups in total. The van der Waals surface area contributed by atoms with Crippen molar-refractivity contribution < 1.29 is 4.79 Å². The number of Topliss-reactive ketones (excluding diaryl/α,β-unsaturated/α-hetero) is 1. The normalized spacial score (nSPS) is 12.1. The van der Waals surface area contributed by atoms with Crippen molar-refractivity contribution in [2.45, 2.75) is 40.5 Å². The van der Waals surface area contributed by atoms with Crippen molar-refractivity contribution in [3.05, 3.63) is 5.82 Å². The maximum absolute atomic E-state index is 11.9. The highest BCUT2D eigenvalue weighted by Gasteiger charge is 2.30. The largest absolute Gasteiger partial charge is 0.299 e. The van der Waals surface area contributed by atoms with Crippen LogP contribution in [-0.2, 0) is 11.2 Å². The molecule has 0 unspecified atom stereocenters. The Morgan fingerprint density at radius 1 is 1.47 bits per heavy atom. The summed E-state index contributed by atoms with van der Waals surface area (Å²) in [5.74, 6) is 1.19. The molecule has 0 atom stereocenters. The maximum atomic E-state index is 11.9. The van der Waals surface area contributed by atoms with Gasteiger partial charge in [-0.05, 0) is 5.92 Å². The van der Waals surface area contributed by atoms with Gasteiger partial charge in [0.2, 0.25) is 0 Å². The minimum atomic E-state index is -0.274. The summed E-state index contributed by atoms with van der Waals surface area (Å²) in [5.41, 5.74) is -0.274. The van der Waals surface area contributed by atoms with E-state index in [0.29, 0.717) is 24.6 Å². The van der Waals surface area contributed by atoms with Crippen LogP contribution in [0.5, 0.6) is 0 Å². The van der Waals surface area contributed by atoms with Gasteiger partial charge in [0.1, 0.15) is 5.78 Å². The van der Waals surface area contributed by atoms with Gasteiger partial charge >= 0.3 is 0 Å². The van der Waals surface area contributed by atoms with Crippen LogP contribution in [0.25, 0.3) is 0 Å². The Labute approximate surface area is 89.7 Å². The van der Waals surface area contributed by atoms with Gasteiger partial charge in [-0.1, -0.05) is 32.9 Å². The van der Waals surface area contributed by atoms with Crippen LogP contribution in [0.1, 0.15) is 39.9 Å². The fourth-order valence-corrected chi connectivity index (χ4v) is 1.16. The molecular weight excluding hydrogens is 192 g/mol. The Morgan fingerprint density at radius 3 is 2.60 bits per heavy atom. The molecule has 0 aliphatic carbocycles. The number of aromatic amines is 1. The summed E-state index contributed by atoms with van der Waals surface area (Å²) in [6.07, 6.45) is 1.04. The summed E-state index contributed by atoms with van der Waals surface area (Å²) >= 11 is 0. The van der Waals surface area contributed by atoms with Crippen LogP contribution >= 0.6 is 0 Å². The monoisotopic (exact) mass is 210 g/mol. The highest BCUT2D eigenvalue weighted by molar-refractivity contribution is 5.84. The van der Waals surface area contributed by atoms with Gasteiger partial charge in [0, 0.05) is 18.3 Å². The highest BCUT2D eigenvalue weighted by atomic mass is 16.1. The molecule has 5 nitrogen and oxygen atoms in total. The van der Waals surface area contributed by atoms with Gasteiger partial charge in [-0.15, -0.1) is 10.2 Å². The van der Waals surface area contributed by atoms with E-state index in [2.05, 4.69) is 34.5 Å². The summed E-state index contributed by atoms with van der Waals surface area (Å²) in [6, 6.07) is 0. The van der Waals surface area contributed by atoms with Crippen molar-refractivity contribution in [1.29, 1.82) is 0 Å². The van der Waals surface area contributed by atoms with Crippen LogP contribution in [0.3, 0.4) is 0 Å². The van der Waals surface area contributed by atoms with E-state index < -0.39 is 0 Å². The molecule has 5 heteroatoms. The van der Waals surface area contributed by atoms with Crippen LogP contribution in [0.4, 0.5) is 0 Å². The second kappa shape index (κ2) is 4.51. The molecule has 0 aliphatic rings. The summed E-state index contributed by atoms with van der Waals surface area (Å²) in [4.78, 5) is 11.9. The number of carbonyl (C=O) groups is 1. The molecule has 0 saturated heterocycles. The van der Waals surface area contributed by atoms with E-state index in [9.17, 15) is 4.79 Å². The Hall–Kier alpha value is -1.26. The third-order valence-corrected chi connectivity index (χ3v) is 3.13. The third kappa shape index (κ3) is 2.84. The first-order valence-electron chi connectivity index (χ1n) is 5.20. The van der Waals surface area contributed by atoms with Gasteiger partial charge in [0.05, 0.1) is 0 Å². The Balaban J connectivity index is 2.49. The molecule has 0 radical (unpaired) electrons. The van der Waals surface area contributed by atoms with E-state index in [1.807, 2.05) is 13.8 Å². The van der Waals surface area contributed by atoms with E-state index >= 15 is 0 Å². The number of nitrogens with zero attached hydrogens (tertiary/aromatic N) is 3. The van der Waals surface area contributed by atoms with Crippen molar-refractivity contribution >= 4 is 5.78 Å². The topological polar surface area (TPSA) is 71.5 Å². The lowest BCUT2D eigenvalue weighted by molar-refractivity contribution is -0.129. The summed E-state index contributed by atoms with van der Waals surface area (Å²) in [5, 5.41) is 13.5. The Morgan fingerprint density at radius 2 is 2.13 bits per heavy atom. The highest BCUT2D eigenvalue weighted by Crippen LogP contribution is 2.28. The first kappa shape index (κ1) is 11.8. The molecule has 0 aliphatic heterocycles. The quantitative estimate of drug-likeness (QED) is 0.797. The molecule has 15 heavy (non-hydrogen) atoms. The smallest absolute Gasteiger partial charge is 0.174 e. The van der Waals surface area contributed by atoms with Gasteiger partial charge in [0.15, 0.2) is 5.82 Å². The number of hydrogen-bond donors (Lipinski definition) is 1. The number of aromatic nitrogens is 4. The lowest BCUT2D eigenvalue weighted by atomic mass is 9.76. The number of hydrogen-bond acceptors (Lipinski definition) is 4. The number of tetrazole rings is 1. The van der Waals surface area contributed by atoms with E-state index in [-0.39, 0.29) is 11.2 Å². The summed E-state index contributed by atoms with van der Waals surface area (Å²) in [6.45, 7) is 8.09. The molecule has 1 heterocycles. The number of carbonyl (C=O) groups excluding carboxylic acids is 1. The minimum Gasteiger partial charge on any atom is -0.299 e. The fraction of sp³-hybridized carbons (Fsp3) is 0.800.